The zero-order chi connectivity index (χ0) is 3.41. The zero-order valence-corrected chi connectivity index (χ0v) is 2.23. The molecule has 0 saturated carbocycles. The van der Waals surface area contributed by atoms with Gasteiger partial charge in [0.15, 0.2) is 0 Å². The highest BCUT2D eigenvalue weighted by Gasteiger charge is 1.51. The van der Waals surface area contributed by atoms with E-state index >= 15 is 0 Å². The molecule has 0 fully saturated rings. The third-order valence-corrected chi connectivity index (χ3v) is 0.0913. The quantitative estimate of drug-likeness (QED) is 0.306. The van der Waals surface area contributed by atoms with Gasteiger partial charge in [-0.25, -0.2) is 0 Å². The Balaban J connectivity index is 1.97. The van der Waals surface area contributed by atoms with Gasteiger partial charge in [0, 0.05) is 7.05 Å². The predicted octanol–water partition coefficient (Wildman–Crippen LogP) is -0.806. The van der Waals surface area contributed by atoms with E-state index in [4.69, 9.17) is 5.11 Å². The molecule has 0 saturated heterocycles. The van der Waals surface area contributed by atoms with Crippen LogP contribution in [0.4, 0.5) is 0 Å². The SMILES string of the molecule is [CH]NCO. The van der Waals surface area contributed by atoms with Crippen molar-refractivity contribution in [3.63, 3.8) is 0 Å². The topological polar surface area (TPSA) is 32.3 Å². The van der Waals surface area contributed by atoms with Gasteiger partial charge in [0.1, 0.15) is 0 Å². The lowest BCUT2D eigenvalue weighted by Gasteiger charge is -1.75. The van der Waals surface area contributed by atoms with E-state index < -0.39 is 0 Å². The summed E-state index contributed by atoms with van der Waals surface area (Å²) < 4.78 is 0. The van der Waals surface area contributed by atoms with E-state index in [1.165, 1.54) is 0 Å². The van der Waals surface area contributed by atoms with Crippen LogP contribution in [0.5, 0.6) is 0 Å². The summed E-state index contributed by atoms with van der Waals surface area (Å²) >= 11 is 0. The van der Waals surface area contributed by atoms with Crippen LogP contribution in [-0.4, -0.2) is 11.8 Å². The molecule has 0 bridgehead atoms. The Hall–Kier alpha value is -0.0800. The Labute approximate surface area is 25.4 Å². The van der Waals surface area contributed by atoms with Crippen LogP contribution in [0, 0.1) is 7.05 Å². The van der Waals surface area contributed by atoms with Crippen molar-refractivity contribution < 1.29 is 5.11 Å². The third kappa shape index (κ3) is 1.92. The molecule has 4 heavy (non-hydrogen) atoms. The maximum Gasteiger partial charge on any atom is 0.0934 e. The van der Waals surface area contributed by atoms with Crippen LogP contribution >= 0.6 is 0 Å². The minimum absolute atomic E-state index is 0.153. The fraction of sp³-hybridized carbons (Fsp3) is 0.500. The molecule has 2 radical (unpaired) electrons. The Morgan fingerprint density at radius 3 is 2.25 bits per heavy atom. The highest BCUT2D eigenvalue weighted by atomic mass is 16.3. The van der Waals surface area contributed by atoms with Crippen molar-refractivity contribution in [2.75, 3.05) is 6.73 Å². The molecule has 2 heteroatoms. The fourth-order valence-electron chi connectivity index (χ4n) is 0. The van der Waals surface area contributed by atoms with Crippen molar-refractivity contribution >= 4 is 0 Å². The molecule has 0 aromatic heterocycles. The Morgan fingerprint density at radius 1 is 2.00 bits per heavy atom. The van der Waals surface area contributed by atoms with E-state index in [2.05, 4.69) is 7.05 Å². The number of aliphatic hydroxyl groups is 1. The van der Waals surface area contributed by atoms with E-state index in [9.17, 15) is 0 Å². The van der Waals surface area contributed by atoms with Crippen LogP contribution in [0.3, 0.4) is 0 Å². The molecule has 0 aromatic carbocycles. The van der Waals surface area contributed by atoms with Crippen LogP contribution in [0.2, 0.25) is 0 Å². The van der Waals surface area contributed by atoms with Crippen molar-refractivity contribution in [3.05, 3.63) is 7.05 Å². The molecule has 0 unspecified atom stereocenters. The van der Waals surface area contributed by atoms with Crippen LogP contribution in [-0.2, 0) is 0 Å². The van der Waals surface area contributed by atoms with Gasteiger partial charge in [-0.15, -0.1) is 0 Å². The fourth-order valence-corrected chi connectivity index (χ4v) is 0. The molecule has 0 heterocycles. The van der Waals surface area contributed by atoms with Crippen molar-refractivity contribution in [1.29, 1.82) is 0 Å². The number of hydrogen-bond acceptors (Lipinski definition) is 2. The summed E-state index contributed by atoms with van der Waals surface area (Å²) in [5.74, 6) is 0. The lowest BCUT2D eigenvalue weighted by Crippen LogP contribution is -2.01. The molecule has 0 spiro atoms. The van der Waals surface area contributed by atoms with Crippen LogP contribution in [0.15, 0.2) is 0 Å². The second kappa shape index (κ2) is 2.92. The van der Waals surface area contributed by atoms with Gasteiger partial charge in [-0.05, 0) is 0 Å². The van der Waals surface area contributed by atoms with E-state index in [1.807, 2.05) is 5.32 Å². The molecule has 2 N–H and O–H groups in total. The molecule has 0 atom stereocenters. The molecule has 0 rings (SSSR count). The molecule has 0 aliphatic rings. The number of nitrogens with one attached hydrogen (secondary N) is 1. The molecule has 0 aliphatic carbocycles. The summed E-state index contributed by atoms with van der Waals surface area (Å²) in [6.45, 7) is -0.153. The van der Waals surface area contributed by atoms with Gasteiger partial charge in [-0.3, -0.25) is 5.32 Å². The minimum atomic E-state index is -0.153. The van der Waals surface area contributed by atoms with Gasteiger partial charge >= 0.3 is 0 Å². The molecule has 0 aromatic rings. The lowest BCUT2D eigenvalue weighted by atomic mass is 11.2. The van der Waals surface area contributed by atoms with E-state index in [0.717, 1.165) is 0 Å². The van der Waals surface area contributed by atoms with Gasteiger partial charge in [-0.2, -0.15) is 0 Å². The van der Waals surface area contributed by atoms with E-state index in [0.29, 0.717) is 0 Å². The van der Waals surface area contributed by atoms with Crippen molar-refractivity contribution in [1.82, 2.24) is 5.32 Å². The summed E-state index contributed by atoms with van der Waals surface area (Å²) in [4.78, 5) is 0. The van der Waals surface area contributed by atoms with Crippen LogP contribution in [0.25, 0.3) is 0 Å². The van der Waals surface area contributed by atoms with E-state index in [-0.39, 0.29) is 6.73 Å². The average Bonchev–Trinajstić information content (AvgIpc) is 1.37. The van der Waals surface area contributed by atoms with Crippen LogP contribution in [0.1, 0.15) is 0 Å². The largest absolute Gasteiger partial charge is 0.381 e. The van der Waals surface area contributed by atoms with Crippen molar-refractivity contribution in [2.24, 2.45) is 0 Å². The van der Waals surface area contributed by atoms with Gasteiger partial charge < -0.3 is 5.11 Å². The Morgan fingerprint density at radius 2 is 2.25 bits per heavy atom. The molecule has 24 valence electrons. The Kier molecular flexibility index (Phi) is 2.86. The maximum absolute atomic E-state index is 7.64. The van der Waals surface area contributed by atoms with Crippen LogP contribution < -0.4 is 5.32 Å². The highest BCUT2D eigenvalue weighted by Crippen LogP contribution is 1.29. The van der Waals surface area contributed by atoms with Gasteiger partial charge in [0.2, 0.25) is 0 Å². The standard InChI is InChI=1S/C2H5NO/c1-3-2-4/h1,3-4H,2H2. The summed E-state index contributed by atoms with van der Waals surface area (Å²) in [5, 5.41) is 9.62. The normalized spacial score (nSPS) is 7.50. The van der Waals surface area contributed by atoms with Crippen molar-refractivity contribution in [3.8, 4) is 0 Å². The van der Waals surface area contributed by atoms with Gasteiger partial charge in [0.05, 0.1) is 6.73 Å². The summed E-state index contributed by atoms with van der Waals surface area (Å²) in [7, 11) is 4.53. The second-order valence-corrected chi connectivity index (χ2v) is 0.362. The first-order valence-corrected chi connectivity index (χ1v) is 0.958. The predicted molar refractivity (Wildman–Crippen MR) is 14.5 cm³/mol. The summed E-state index contributed by atoms with van der Waals surface area (Å²) in [5.41, 5.74) is 0. The monoisotopic (exact) mass is 59.0 g/mol. The van der Waals surface area contributed by atoms with Crippen molar-refractivity contribution in [2.45, 2.75) is 0 Å². The molecular weight excluding hydrogens is 54.0 g/mol. The van der Waals surface area contributed by atoms with E-state index in [1.54, 1.807) is 0 Å². The second-order valence-electron chi connectivity index (χ2n) is 0.362. The smallest absolute Gasteiger partial charge is 0.0934 e. The summed E-state index contributed by atoms with van der Waals surface area (Å²) in [6, 6.07) is 0. The molecule has 0 amide bonds. The van der Waals surface area contributed by atoms with Gasteiger partial charge in [-0.1, -0.05) is 0 Å². The highest BCUT2D eigenvalue weighted by molar-refractivity contribution is 4.16. The first-order valence-electron chi connectivity index (χ1n) is 0.958. The number of rotatable bonds is 1. The maximum atomic E-state index is 7.64. The first kappa shape index (κ1) is 3.92. The lowest BCUT2D eigenvalue weighted by molar-refractivity contribution is 0.279. The Bertz CT molecular complexity index is 8.00. The number of hydrogen-bond donors (Lipinski definition) is 2. The molecule has 0 aliphatic heterocycles. The first-order chi connectivity index (χ1) is 1.91. The van der Waals surface area contributed by atoms with Gasteiger partial charge in [0.25, 0.3) is 0 Å². The zero-order valence-electron chi connectivity index (χ0n) is 2.23. The number of aliphatic hydroxyl groups excluding tert-OH is 1. The third-order valence-electron chi connectivity index (χ3n) is 0.0913. The minimum Gasteiger partial charge on any atom is -0.381 e. The molecule has 2 nitrogen and oxygen atoms in total. The average molecular weight is 59.1 g/mol. The summed E-state index contributed by atoms with van der Waals surface area (Å²) in [6.07, 6.45) is 0. The molecular formula is C2H5NO.